The first-order valence-corrected chi connectivity index (χ1v) is 7.74. The molecule has 0 atom stereocenters. The fraction of sp³-hybridized carbons (Fsp3) is 0.429. The summed E-state index contributed by atoms with van der Waals surface area (Å²) >= 11 is 8.34. The second-order valence-electron chi connectivity index (χ2n) is 4.76. The van der Waals surface area contributed by atoms with Crippen LogP contribution in [0.15, 0.2) is 28.4 Å². The number of aryl methyl sites for hydroxylation is 1. The van der Waals surface area contributed by atoms with E-state index in [1.807, 2.05) is 0 Å². The Morgan fingerprint density at radius 2 is 2.26 bits per heavy atom. The van der Waals surface area contributed by atoms with E-state index >= 15 is 0 Å². The molecule has 0 bridgehead atoms. The van der Waals surface area contributed by atoms with Crippen molar-refractivity contribution in [2.75, 3.05) is 5.32 Å². The topological polar surface area (TPSA) is 50.9 Å². The number of hydrogen-bond acceptors (Lipinski definition) is 2. The highest BCUT2D eigenvalue weighted by Crippen LogP contribution is 2.25. The molecule has 5 heteroatoms. The zero-order valence-corrected chi connectivity index (χ0v) is 13.2. The molecule has 3 N–H and O–H groups in total. The number of aromatic nitrogens is 1. The lowest BCUT2D eigenvalue weighted by atomic mass is 9.94. The molecule has 102 valence electrons. The molecule has 0 amide bonds. The lowest BCUT2D eigenvalue weighted by Gasteiger charge is -2.14. The lowest BCUT2D eigenvalue weighted by Crippen LogP contribution is -2.20. The van der Waals surface area contributed by atoms with Gasteiger partial charge in [-0.2, -0.15) is 0 Å². The largest absolute Gasteiger partial charge is 0.376 e. The van der Waals surface area contributed by atoms with E-state index in [4.69, 9.17) is 18.0 Å². The molecule has 1 aliphatic carbocycles. The first kappa shape index (κ1) is 14.5. The molecule has 0 aliphatic heterocycles. The van der Waals surface area contributed by atoms with Crippen molar-refractivity contribution in [1.82, 2.24) is 4.98 Å². The van der Waals surface area contributed by atoms with E-state index < -0.39 is 0 Å². The molecule has 1 aliphatic rings. The van der Waals surface area contributed by atoms with Crippen LogP contribution in [-0.4, -0.2) is 10.1 Å². The normalized spacial score (nSPS) is 14.9. The van der Waals surface area contributed by atoms with Crippen molar-refractivity contribution < 1.29 is 0 Å². The Kier molecular flexibility index (Phi) is 5.34. The highest BCUT2D eigenvalue weighted by atomic mass is 79.9. The van der Waals surface area contributed by atoms with Crippen molar-refractivity contribution >= 4 is 39.1 Å². The van der Waals surface area contributed by atoms with E-state index in [1.165, 1.54) is 25.7 Å². The summed E-state index contributed by atoms with van der Waals surface area (Å²) in [7, 11) is 0. The van der Waals surface area contributed by atoms with Crippen LogP contribution in [0.5, 0.6) is 0 Å². The van der Waals surface area contributed by atoms with E-state index in [0.29, 0.717) is 0 Å². The third kappa shape index (κ3) is 4.58. The van der Waals surface area contributed by atoms with Gasteiger partial charge < -0.3 is 11.1 Å². The number of hydrogen-bond donors (Lipinski definition) is 2. The van der Waals surface area contributed by atoms with E-state index in [2.05, 4.69) is 38.4 Å². The number of pyridine rings is 1. The second kappa shape index (κ2) is 7.01. The number of rotatable bonds is 4. The Morgan fingerprint density at radius 3 is 2.95 bits per heavy atom. The fourth-order valence-electron chi connectivity index (χ4n) is 2.33. The van der Waals surface area contributed by atoms with Crippen molar-refractivity contribution in [3.05, 3.63) is 33.9 Å². The van der Waals surface area contributed by atoms with Crippen LogP contribution in [-0.2, 0) is 6.42 Å². The molecule has 0 saturated carbocycles. The quantitative estimate of drug-likeness (QED) is 0.644. The van der Waals surface area contributed by atoms with E-state index in [-0.39, 0.29) is 5.11 Å². The van der Waals surface area contributed by atoms with Gasteiger partial charge in [0.05, 0.1) is 0 Å². The molecule has 0 saturated heterocycles. The molecule has 0 unspecified atom stereocenters. The molecule has 3 nitrogen and oxygen atoms in total. The Bertz CT molecular complexity index is 499. The van der Waals surface area contributed by atoms with Gasteiger partial charge in [0, 0.05) is 10.7 Å². The Hall–Kier alpha value is -0.940. The minimum absolute atomic E-state index is 0.257. The van der Waals surface area contributed by atoms with Gasteiger partial charge in [0.2, 0.25) is 0 Å². The van der Waals surface area contributed by atoms with Gasteiger partial charge in [-0.05, 0) is 78.3 Å². The number of thiocarbonyl (C=S) groups is 1. The highest BCUT2D eigenvalue weighted by Gasteiger charge is 2.09. The van der Waals surface area contributed by atoms with Crippen LogP contribution in [0.1, 0.15) is 37.7 Å². The number of halogens is 1. The molecule has 0 fully saturated rings. The summed E-state index contributed by atoms with van der Waals surface area (Å²) in [6, 6.07) is 2.08. The Morgan fingerprint density at radius 1 is 1.42 bits per heavy atom. The molecule has 0 aromatic carbocycles. The molecule has 0 spiro atoms. The summed E-state index contributed by atoms with van der Waals surface area (Å²) < 4.78 is 0.980. The third-order valence-electron chi connectivity index (χ3n) is 3.28. The van der Waals surface area contributed by atoms with Crippen LogP contribution in [0.4, 0.5) is 5.82 Å². The van der Waals surface area contributed by atoms with Crippen LogP contribution in [0.3, 0.4) is 0 Å². The minimum atomic E-state index is 0.257. The predicted octanol–water partition coefficient (Wildman–Crippen LogP) is 3.93. The van der Waals surface area contributed by atoms with E-state index in [0.717, 1.165) is 28.7 Å². The first-order valence-electron chi connectivity index (χ1n) is 6.54. The SMILES string of the molecule is NC(=S)Nc1ncc(Br)cc1CCC1=CCCCC1. The van der Waals surface area contributed by atoms with Crippen LogP contribution < -0.4 is 11.1 Å². The Labute approximate surface area is 127 Å². The van der Waals surface area contributed by atoms with Crippen LogP contribution in [0.2, 0.25) is 0 Å². The van der Waals surface area contributed by atoms with Gasteiger partial charge in [-0.15, -0.1) is 0 Å². The summed E-state index contributed by atoms with van der Waals surface area (Å²) in [4.78, 5) is 4.34. The smallest absolute Gasteiger partial charge is 0.169 e. The number of nitrogens with two attached hydrogens (primary N) is 1. The zero-order valence-electron chi connectivity index (χ0n) is 10.8. The molecule has 1 heterocycles. The third-order valence-corrected chi connectivity index (χ3v) is 3.81. The molecular formula is C14H18BrN3S. The monoisotopic (exact) mass is 339 g/mol. The standard InChI is InChI=1S/C14H18BrN3S/c15-12-8-11(13(17-9-12)18-14(16)19)7-6-10-4-2-1-3-5-10/h4,8-9H,1-3,5-7H2,(H3,16,17,18,19). The van der Waals surface area contributed by atoms with Gasteiger partial charge in [-0.3, -0.25) is 0 Å². The summed E-state index contributed by atoms with van der Waals surface area (Å²) in [5.74, 6) is 0.770. The zero-order chi connectivity index (χ0) is 13.7. The van der Waals surface area contributed by atoms with E-state index in [9.17, 15) is 0 Å². The van der Waals surface area contributed by atoms with Gasteiger partial charge in [0.25, 0.3) is 0 Å². The summed E-state index contributed by atoms with van der Waals surface area (Å²) in [5, 5.41) is 3.20. The van der Waals surface area contributed by atoms with Crippen molar-refractivity contribution in [3.8, 4) is 0 Å². The van der Waals surface area contributed by atoms with Crippen molar-refractivity contribution in [2.24, 2.45) is 5.73 Å². The summed E-state index contributed by atoms with van der Waals surface area (Å²) in [6.07, 6.45) is 11.3. The average Bonchev–Trinajstić information content (AvgIpc) is 2.40. The van der Waals surface area contributed by atoms with Crippen molar-refractivity contribution in [2.45, 2.75) is 38.5 Å². The number of nitrogens with zero attached hydrogens (tertiary/aromatic N) is 1. The van der Waals surface area contributed by atoms with Gasteiger partial charge in [0.1, 0.15) is 5.82 Å². The molecule has 1 aromatic rings. The number of anilines is 1. The van der Waals surface area contributed by atoms with Crippen LogP contribution in [0.25, 0.3) is 0 Å². The Balaban J connectivity index is 2.07. The van der Waals surface area contributed by atoms with Crippen molar-refractivity contribution in [1.29, 1.82) is 0 Å². The van der Waals surface area contributed by atoms with Crippen LogP contribution >= 0.6 is 28.1 Å². The van der Waals surface area contributed by atoms with E-state index in [1.54, 1.807) is 11.8 Å². The molecule has 19 heavy (non-hydrogen) atoms. The van der Waals surface area contributed by atoms with Gasteiger partial charge in [-0.25, -0.2) is 4.98 Å². The molecule has 0 radical (unpaired) electrons. The number of nitrogens with one attached hydrogen (secondary N) is 1. The highest BCUT2D eigenvalue weighted by molar-refractivity contribution is 9.10. The molecule has 1 aromatic heterocycles. The molecule has 2 rings (SSSR count). The molecular weight excluding hydrogens is 322 g/mol. The number of allylic oxidation sites excluding steroid dienone is 2. The lowest BCUT2D eigenvalue weighted by molar-refractivity contribution is 0.673. The van der Waals surface area contributed by atoms with Crippen molar-refractivity contribution in [3.63, 3.8) is 0 Å². The maximum absolute atomic E-state index is 5.53. The van der Waals surface area contributed by atoms with Gasteiger partial charge in [0.15, 0.2) is 5.11 Å². The first-order chi connectivity index (χ1) is 9.15. The summed E-state index contributed by atoms with van der Waals surface area (Å²) in [6.45, 7) is 0. The maximum atomic E-state index is 5.53. The second-order valence-corrected chi connectivity index (χ2v) is 6.11. The van der Waals surface area contributed by atoms with Gasteiger partial charge in [-0.1, -0.05) is 11.6 Å². The predicted molar refractivity (Wildman–Crippen MR) is 87.2 cm³/mol. The maximum Gasteiger partial charge on any atom is 0.169 e. The van der Waals surface area contributed by atoms with Gasteiger partial charge >= 0.3 is 0 Å². The van der Waals surface area contributed by atoms with Crippen LogP contribution in [0, 0.1) is 0 Å². The minimum Gasteiger partial charge on any atom is -0.376 e. The average molecular weight is 340 g/mol. The summed E-state index contributed by atoms with van der Waals surface area (Å²) in [5.41, 5.74) is 8.24. The fourth-order valence-corrected chi connectivity index (χ4v) is 2.80.